The summed E-state index contributed by atoms with van der Waals surface area (Å²) in [7, 11) is 0. The van der Waals surface area contributed by atoms with Crippen LogP contribution in [-0.2, 0) is 17.8 Å². The van der Waals surface area contributed by atoms with E-state index in [1.54, 1.807) is 12.1 Å². The summed E-state index contributed by atoms with van der Waals surface area (Å²) in [6.45, 7) is 2.61. The fourth-order valence-electron chi connectivity index (χ4n) is 3.77. The minimum atomic E-state index is -0.301. The number of aromatic nitrogens is 1. The van der Waals surface area contributed by atoms with Gasteiger partial charge in [0.2, 0.25) is 12.7 Å². The monoisotopic (exact) mass is 435 g/mol. The van der Waals surface area contributed by atoms with Crippen LogP contribution in [-0.4, -0.2) is 23.6 Å². The molecule has 3 aromatic rings. The molecule has 0 radical (unpaired) electrons. The van der Waals surface area contributed by atoms with Crippen molar-refractivity contribution in [1.82, 2.24) is 10.3 Å². The average molecular weight is 436 g/mol. The summed E-state index contributed by atoms with van der Waals surface area (Å²) >= 11 is 1.44. The van der Waals surface area contributed by atoms with E-state index in [1.165, 1.54) is 11.3 Å². The van der Waals surface area contributed by atoms with Crippen molar-refractivity contribution in [3.05, 3.63) is 69.7 Å². The number of carbonyl (C=O) groups excluding carboxylic acids is 2. The molecule has 1 aliphatic heterocycles. The van der Waals surface area contributed by atoms with Crippen molar-refractivity contribution < 1.29 is 19.1 Å². The topological polar surface area (TPSA) is 89.6 Å². The Hall–Kier alpha value is -3.39. The summed E-state index contributed by atoms with van der Waals surface area (Å²) in [5, 5.41) is 6.39. The summed E-state index contributed by atoms with van der Waals surface area (Å²) < 4.78 is 10.7. The van der Waals surface area contributed by atoms with Crippen molar-refractivity contribution in [2.45, 2.75) is 32.2 Å². The van der Waals surface area contributed by atoms with E-state index in [-0.39, 0.29) is 24.5 Å². The molecule has 1 aliphatic carbocycles. The van der Waals surface area contributed by atoms with Gasteiger partial charge in [0, 0.05) is 17.0 Å². The lowest BCUT2D eigenvalue weighted by Crippen LogP contribution is -2.28. The second kappa shape index (κ2) is 8.03. The Morgan fingerprint density at radius 1 is 1.13 bits per heavy atom. The molecular weight excluding hydrogens is 414 g/mol. The lowest BCUT2D eigenvalue weighted by molar-refractivity contribution is -0.122. The third-order valence-electron chi connectivity index (χ3n) is 5.47. The number of nitrogens with zero attached hydrogens (tertiary/aromatic N) is 1. The zero-order valence-corrected chi connectivity index (χ0v) is 17.8. The molecule has 2 aliphatic rings. The Morgan fingerprint density at radius 3 is 2.77 bits per heavy atom. The SMILES string of the molecule is Cc1ccc(C(=O)Nc2nc3c(s2)CCC3C(=O)NCc2ccc3c(c2)OCO3)cc1. The smallest absolute Gasteiger partial charge is 0.257 e. The van der Waals surface area contributed by atoms with Crippen LogP contribution in [0.4, 0.5) is 5.13 Å². The highest BCUT2D eigenvalue weighted by atomic mass is 32.1. The minimum absolute atomic E-state index is 0.0573. The van der Waals surface area contributed by atoms with Gasteiger partial charge in [0.1, 0.15) is 0 Å². The molecule has 5 rings (SSSR count). The maximum absolute atomic E-state index is 12.8. The molecule has 2 heterocycles. The van der Waals surface area contributed by atoms with Crippen molar-refractivity contribution in [2.24, 2.45) is 0 Å². The molecule has 8 heteroatoms. The Balaban J connectivity index is 1.23. The second-order valence-corrected chi connectivity index (χ2v) is 8.73. The number of thiazole rings is 1. The highest BCUT2D eigenvalue weighted by Crippen LogP contribution is 2.38. The largest absolute Gasteiger partial charge is 0.454 e. The molecule has 0 saturated heterocycles. The number of amides is 2. The van der Waals surface area contributed by atoms with Gasteiger partial charge in [0.15, 0.2) is 16.6 Å². The first kappa shape index (κ1) is 19.6. The van der Waals surface area contributed by atoms with E-state index in [4.69, 9.17) is 9.47 Å². The number of rotatable bonds is 5. The van der Waals surface area contributed by atoms with Crippen LogP contribution in [0.25, 0.3) is 0 Å². The molecule has 0 spiro atoms. The Morgan fingerprint density at radius 2 is 1.94 bits per heavy atom. The number of anilines is 1. The molecule has 7 nitrogen and oxygen atoms in total. The molecule has 158 valence electrons. The number of ether oxygens (including phenoxy) is 2. The number of hydrogen-bond donors (Lipinski definition) is 2. The standard InChI is InChI=1S/C23H21N3O4S/c1-13-2-5-15(6-3-13)21(27)26-23-25-20-16(7-9-19(20)31-23)22(28)24-11-14-4-8-17-18(10-14)30-12-29-17/h2-6,8,10,16H,7,9,11-12H2,1H3,(H,24,28)(H,25,26,27). The van der Waals surface area contributed by atoms with E-state index in [0.717, 1.165) is 40.3 Å². The Labute approximate surface area is 183 Å². The van der Waals surface area contributed by atoms with E-state index in [0.29, 0.717) is 23.0 Å². The number of nitrogens with one attached hydrogen (secondary N) is 2. The van der Waals surface area contributed by atoms with Gasteiger partial charge in [0.05, 0.1) is 11.6 Å². The first-order valence-corrected chi connectivity index (χ1v) is 10.9. The number of carbonyl (C=O) groups is 2. The third-order valence-corrected chi connectivity index (χ3v) is 6.52. The molecule has 1 aromatic heterocycles. The van der Waals surface area contributed by atoms with Gasteiger partial charge >= 0.3 is 0 Å². The van der Waals surface area contributed by atoms with Gasteiger partial charge in [-0.2, -0.15) is 0 Å². The average Bonchev–Trinajstić information content (AvgIpc) is 3.47. The molecule has 2 amide bonds. The second-order valence-electron chi connectivity index (χ2n) is 7.64. The Bertz CT molecular complexity index is 1160. The van der Waals surface area contributed by atoms with E-state index in [1.807, 2.05) is 37.3 Å². The lowest BCUT2D eigenvalue weighted by Gasteiger charge is -2.11. The van der Waals surface area contributed by atoms with Gasteiger partial charge in [-0.3, -0.25) is 14.9 Å². The summed E-state index contributed by atoms with van der Waals surface area (Å²) in [4.78, 5) is 30.9. The molecule has 2 aromatic carbocycles. The lowest BCUT2D eigenvalue weighted by atomic mass is 10.1. The third kappa shape index (κ3) is 3.98. The first-order chi connectivity index (χ1) is 15.1. The molecule has 0 saturated carbocycles. The summed E-state index contributed by atoms with van der Waals surface area (Å²) in [5.74, 6) is 0.862. The predicted octanol–water partition coefficient (Wildman–Crippen LogP) is 3.78. The van der Waals surface area contributed by atoms with Gasteiger partial charge in [-0.05, 0) is 49.6 Å². The summed E-state index contributed by atoms with van der Waals surface area (Å²) in [5.41, 5.74) is 3.39. The fourth-order valence-corrected chi connectivity index (χ4v) is 4.81. The van der Waals surface area contributed by atoms with Crippen molar-refractivity contribution in [3.8, 4) is 11.5 Å². The molecular formula is C23H21N3O4S. The number of fused-ring (bicyclic) bond motifs is 2. The van der Waals surface area contributed by atoms with Gasteiger partial charge < -0.3 is 14.8 Å². The highest BCUT2D eigenvalue weighted by molar-refractivity contribution is 7.16. The number of benzene rings is 2. The normalized spacial score (nSPS) is 16.1. The van der Waals surface area contributed by atoms with Crippen LogP contribution in [0.3, 0.4) is 0 Å². The van der Waals surface area contributed by atoms with Crippen LogP contribution in [0.2, 0.25) is 0 Å². The molecule has 0 bridgehead atoms. The molecule has 31 heavy (non-hydrogen) atoms. The molecule has 1 atom stereocenters. The van der Waals surface area contributed by atoms with E-state index < -0.39 is 0 Å². The number of hydrogen-bond acceptors (Lipinski definition) is 6. The quantitative estimate of drug-likeness (QED) is 0.637. The van der Waals surface area contributed by atoms with Gasteiger partial charge in [0.25, 0.3) is 5.91 Å². The van der Waals surface area contributed by atoms with Gasteiger partial charge in [-0.25, -0.2) is 4.98 Å². The maximum Gasteiger partial charge on any atom is 0.257 e. The fraction of sp³-hybridized carbons (Fsp3) is 0.261. The highest BCUT2D eigenvalue weighted by Gasteiger charge is 2.32. The summed E-state index contributed by atoms with van der Waals surface area (Å²) in [6.07, 6.45) is 1.52. The zero-order chi connectivity index (χ0) is 21.4. The van der Waals surface area contributed by atoms with Crippen LogP contribution in [0.1, 0.15) is 44.4 Å². The van der Waals surface area contributed by atoms with Crippen molar-refractivity contribution in [2.75, 3.05) is 12.1 Å². The van der Waals surface area contributed by atoms with Crippen LogP contribution >= 0.6 is 11.3 Å². The van der Waals surface area contributed by atoms with Crippen LogP contribution in [0.5, 0.6) is 11.5 Å². The molecule has 2 N–H and O–H groups in total. The number of aryl methyl sites for hydroxylation is 2. The van der Waals surface area contributed by atoms with E-state index in [9.17, 15) is 9.59 Å². The summed E-state index contributed by atoms with van der Waals surface area (Å²) in [6, 6.07) is 13.0. The van der Waals surface area contributed by atoms with Gasteiger partial charge in [-0.1, -0.05) is 23.8 Å². The van der Waals surface area contributed by atoms with E-state index in [2.05, 4.69) is 15.6 Å². The Kier molecular flexibility index (Phi) is 5.07. The van der Waals surface area contributed by atoms with Crippen molar-refractivity contribution in [1.29, 1.82) is 0 Å². The zero-order valence-electron chi connectivity index (χ0n) is 16.9. The van der Waals surface area contributed by atoms with Gasteiger partial charge in [-0.15, -0.1) is 11.3 Å². The van der Waals surface area contributed by atoms with Crippen LogP contribution < -0.4 is 20.1 Å². The molecule has 0 fully saturated rings. The van der Waals surface area contributed by atoms with Crippen molar-refractivity contribution >= 4 is 28.3 Å². The maximum atomic E-state index is 12.8. The van der Waals surface area contributed by atoms with E-state index >= 15 is 0 Å². The molecule has 1 unspecified atom stereocenters. The predicted molar refractivity (Wildman–Crippen MR) is 117 cm³/mol. The first-order valence-electron chi connectivity index (χ1n) is 10.1. The minimum Gasteiger partial charge on any atom is -0.454 e. The van der Waals surface area contributed by atoms with Crippen LogP contribution in [0.15, 0.2) is 42.5 Å². The van der Waals surface area contributed by atoms with Crippen molar-refractivity contribution in [3.63, 3.8) is 0 Å². The van der Waals surface area contributed by atoms with Crippen LogP contribution in [0, 0.1) is 6.92 Å².